The molecule has 5 nitrogen and oxygen atoms in total. The minimum absolute atomic E-state index is 0.307. The van der Waals surface area contributed by atoms with Gasteiger partial charge in [-0.15, -0.1) is 11.3 Å². The molecule has 0 bridgehead atoms. The average molecular weight is 317 g/mol. The number of thiazole rings is 1. The van der Waals surface area contributed by atoms with Crippen LogP contribution in [0.2, 0.25) is 0 Å². The third-order valence-electron chi connectivity index (χ3n) is 3.89. The Morgan fingerprint density at radius 3 is 2.82 bits per heavy atom. The van der Waals surface area contributed by atoms with E-state index in [4.69, 9.17) is 0 Å². The highest BCUT2D eigenvalue weighted by molar-refractivity contribution is 7.14. The Bertz CT molecular complexity index is 636. The topological polar surface area (TPSA) is 66.3 Å². The van der Waals surface area contributed by atoms with Crippen LogP contribution < -0.4 is 0 Å². The van der Waals surface area contributed by atoms with Crippen LogP contribution in [0.25, 0.3) is 11.3 Å². The molecule has 6 heteroatoms. The molecule has 1 fully saturated rings. The first-order chi connectivity index (χ1) is 10.7. The first kappa shape index (κ1) is 15.1. The van der Waals surface area contributed by atoms with Crippen molar-refractivity contribution in [2.75, 3.05) is 19.6 Å². The van der Waals surface area contributed by atoms with Gasteiger partial charge >= 0.3 is 5.97 Å². The largest absolute Gasteiger partial charge is 0.477 e. The van der Waals surface area contributed by atoms with Gasteiger partial charge in [0.2, 0.25) is 0 Å². The number of nitrogens with zero attached hydrogens (tertiary/aromatic N) is 3. The number of carboxylic acid groups (broad SMARTS) is 1. The van der Waals surface area contributed by atoms with Crippen LogP contribution >= 0.6 is 11.3 Å². The molecule has 0 spiro atoms. The number of rotatable bonds is 5. The molecule has 0 aromatic carbocycles. The van der Waals surface area contributed by atoms with Crippen molar-refractivity contribution in [1.82, 2.24) is 14.9 Å². The predicted molar refractivity (Wildman–Crippen MR) is 86.3 cm³/mol. The highest BCUT2D eigenvalue weighted by Crippen LogP contribution is 2.28. The van der Waals surface area contributed by atoms with Crippen molar-refractivity contribution in [2.24, 2.45) is 0 Å². The van der Waals surface area contributed by atoms with Crippen LogP contribution in [0.5, 0.6) is 0 Å². The van der Waals surface area contributed by atoms with Gasteiger partial charge in [0.25, 0.3) is 0 Å². The summed E-state index contributed by atoms with van der Waals surface area (Å²) in [5, 5.41) is 10.3. The predicted octanol–water partition coefficient (Wildman–Crippen LogP) is 2.93. The van der Waals surface area contributed by atoms with Gasteiger partial charge in [-0.25, -0.2) is 9.78 Å². The molecule has 1 N–H and O–H groups in total. The van der Waals surface area contributed by atoms with Crippen molar-refractivity contribution in [2.45, 2.75) is 25.7 Å². The van der Waals surface area contributed by atoms with Crippen molar-refractivity contribution < 1.29 is 9.90 Å². The molecule has 0 aliphatic carbocycles. The van der Waals surface area contributed by atoms with Crippen LogP contribution in [-0.4, -0.2) is 45.6 Å². The molecule has 0 amide bonds. The summed E-state index contributed by atoms with van der Waals surface area (Å²) in [6.07, 6.45) is 8.00. The summed E-state index contributed by atoms with van der Waals surface area (Å²) in [6, 6.07) is 3.65. The Hall–Kier alpha value is -1.79. The van der Waals surface area contributed by atoms with E-state index in [1.54, 1.807) is 18.5 Å². The highest BCUT2D eigenvalue weighted by Gasteiger charge is 2.19. The molecule has 2 aromatic rings. The number of aromatic carboxylic acids is 1. The normalized spacial score (nSPS) is 15.8. The first-order valence-corrected chi connectivity index (χ1v) is 8.41. The summed E-state index contributed by atoms with van der Waals surface area (Å²) >= 11 is 1.29. The number of carboxylic acids is 1. The fourth-order valence-electron chi connectivity index (χ4n) is 2.75. The maximum atomic E-state index is 11.5. The van der Waals surface area contributed by atoms with Crippen molar-refractivity contribution in [3.63, 3.8) is 0 Å². The lowest BCUT2D eigenvalue weighted by Crippen LogP contribution is -2.31. The molecular formula is C16H19N3O2S. The van der Waals surface area contributed by atoms with Crippen LogP contribution in [0, 0.1) is 0 Å². The van der Waals surface area contributed by atoms with Gasteiger partial charge in [-0.05, 0) is 38.1 Å². The summed E-state index contributed by atoms with van der Waals surface area (Å²) in [4.78, 5) is 22.8. The number of pyridine rings is 1. The molecular weight excluding hydrogens is 298 g/mol. The second kappa shape index (κ2) is 6.98. The molecule has 1 saturated heterocycles. The van der Waals surface area contributed by atoms with E-state index in [1.165, 1.54) is 30.6 Å². The fourth-order valence-corrected chi connectivity index (χ4v) is 3.66. The van der Waals surface area contributed by atoms with Crippen LogP contribution in [0.4, 0.5) is 0 Å². The second-order valence-electron chi connectivity index (χ2n) is 5.48. The summed E-state index contributed by atoms with van der Waals surface area (Å²) in [5.74, 6) is -0.916. The SMILES string of the molecule is O=C(O)c1sc(CCN2CCCCC2)nc1-c1cccnc1. The van der Waals surface area contributed by atoms with Gasteiger partial charge in [-0.1, -0.05) is 6.42 Å². The Balaban J connectivity index is 1.76. The maximum absolute atomic E-state index is 11.5. The minimum atomic E-state index is -0.916. The number of hydrogen-bond acceptors (Lipinski definition) is 5. The van der Waals surface area contributed by atoms with Crippen LogP contribution in [0.1, 0.15) is 33.9 Å². The molecule has 1 aliphatic rings. The van der Waals surface area contributed by atoms with E-state index in [2.05, 4.69) is 14.9 Å². The van der Waals surface area contributed by atoms with E-state index in [1.807, 2.05) is 6.07 Å². The molecule has 1 aliphatic heterocycles. The lowest BCUT2D eigenvalue weighted by atomic mass is 10.1. The van der Waals surface area contributed by atoms with Crippen LogP contribution in [0.3, 0.4) is 0 Å². The summed E-state index contributed by atoms with van der Waals surface area (Å²) in [7, 11) is 0. The molecule has 2 aromatic heterocycles. The summed E-state index contributed by atoms with van der Waals surface area (Å²) < 4.78 is 0. The molecule has 0 radical (unpaired) electrons. The molecule has 3 heterocycles. The van der Waals surface area contributed by atoms with Crippen molar-refractivity contribution in [3.05, 3.63) is 34.4 Å². The lowest BCUT2D eigenvalue weighted by Gasteiger charge is -2.25. The van der Waals surface area contributed by atoms with Gasteiger partial charge in [0.05, 0.1) is 10.7 Å². The van der Waals surface area contributed by atoms with Gasteiger partial charge in [0.15, 0.2) is 0 Å². The second-order valence-corrected chi connectivity index (χ2v) is 6.57. The molecule has 22 heavy (non-hydrogen) atoms. The zero-order valence-corrected chi connectivity index (χ0v) is 13.2. The van der Waals surface area contributed by atoms with Crippen molar-refractivity contribution in [3.8, 4) is 11.3 Å². The van der Waals surface area contributed by atoms with Crippen LogP contribution in [-0.2, 0) is 6.42 Å². The summed E-state index contributed by atoms with van der Waals surface area (Å²) in [6.45, 7) is 3.25. The van der Waals surface area contributed by atoms with E-state index in [0.29, 0.717) is 10.6 Å². The Morgan fingerprint density at radius 1 is 1.32 bits per heavy atom. The molecule has 0 saturated carbocycles. The first-order valence-electron chi connectivity index (χ1n) is 7.60. The molecule has 3 rings (SSSR count). The number of carbonyl (C=O) groups is 1. The standard InChI is InChI=1S/C16H19N3O2S/c20-16(21)15-14(12-5-4-7-17-11-12)18-13(22-15)6-10-19-8-2-1-3-9-19/h4-5,7,11H,1-3,6,8-10H2,(H,20,21). The van der Waals surface area contributed by atoms with Gasteiger partial charge in [0, 0.05) is 30.9 Å². The van der Waals surface area contributed by atoms with Gasteiger partial charge in [0.1, 0.15) is 4.88 Å². The smallest absolute Gasteiger partial charge is 0.348 e. The number of likely N-dealkylation sites (tertiary alicyclic amines) is 1. The van der Waals surface area contributed by atoms with E-state index in [-0.39, 0.29) is 0 Å². The highest BCUT2D eigenvalue weighted by atomic mass is 32.1. The van der Waals surface area contributed by atoms with Gasteiger partial charge < -0.3 is 10.0 Å². The fraction of sp³-hybridized carbons (Fsp3) is 0.438. The van der Waals surface area contributed by atoms with Crippen molar-refractivity contribution in [1.29, 1.82) is 0 Å². The Kier molecular flexibility index (Phi) is 4.80. The lowest BCUT2D eigenvalue weighted by molar-refractivity contribution is 0.0702. The number of hydrogen-bond donors (Lipinski definition) is 1. The quantitative estimate of drug-likeness (QED) is 0.918. The van der Waals surface area contributed by atoms with Crippen LogP contribution in [0.15, 0.2) is 24.5 Å². The minimum Gasteiger partial charge on any atom is -0.477 e. The zero-order chi connectivity index (χ0) is 15.4. The number of piperidine rings is 1. The molecule has 0 atom stereocenters. The van der Waals surface area contributed by atoms with Crippen molar-refractivity contribution >= 4 is 17.3 Å². The number of aromatic nitrogens is 2. The van der Waals surface area contributed by atoms with E-state index in [0.717, 1.165) is 36.6 Å². The molecule has 0 unspecified atom stereocenters. The maximum Gasteiger partial charge on any atom is 0.348 e. The summed E-state index contributed by atoms with van der Waals surface area (Å²) in [5.41, 5.74) is 1.31. The van der Waals surface area contributed by atoms with Gasteiger partial charge in [-0.2, -0.15) is 0 Å². The van der Waals surface area contributed by atoms with E-state index >= 15 is 0 Å². The molecule has 116 valence electrons. The average Bonchev–Trinajstić information content (AvgIpc) is 2.99. The Labute approximate surface area is 133 Å². The Morgan fingerprint density at radius 2 is 2.14 bits per heavy atom. The third kappa shape index (κ3) is 3.51. The monoisotopic (exact) mass is 317 g/mol. The van der Waals surface area contributed by atoms with Gasteiger partial charge in [-0.3, -0.25) is 4.98 Å². The van der Waals surface area contributed by atoms with E-state index in [9.17, 15) is 9.90 Å². The third-order valence-corrected chi connectivity index (χ3v) is 4.99. The van der Waals surface area contributed by atoms with E-state index < -0.39 is 5.97 Å². The zero-order valence-electron chi connectivity index (χ0n) is 12.4.